The third-order valence-corrected chi connectivity index (χ3v) is 2.59. The van der Waals surface area contributed by atoms with Crippen LogP contribution in [0.15, 0.2) is 36.5 Å². The molecule has 2 rings (SSSR count). The zero-order valence-electron chi connectivity index (χ0n) is 10.7. The first-order chi connectivity index (χ1) is 9.60. The van der Waals surface area contributed by atoms with Gasteiger partial charge >= 0.3 is 5.69 Å². The lowest BCUT2D eigenvalue weighted by Gasteiger charge is -2.08. The van der Waals surface area contributed by atoms with Gasteiger partial charge in [0.05, 0.1) is 11.0 Å². The molecule has 104 valence electrons. The van der Waals surface area contributed by atoms with Crippen LogP contribution in [-0.2, 0) is 6.61 Å². The highest BCUT2D eigenvalue weighted by Gasteiger charge is 2.16. The molecule has 0 radical (unpaired) electrons. The van der Waals surface area contributed by atoms with Gasteiger partial charge < -0.3 is 10.1 Å². The number of nitro benzene ring substituents is 1. The van der Waals surface area contributed by atoms with E-state index in [1.54, 1.807) is 25.4 Å². The van der Waals surface area contributed by atoms with E-state index in [0.717, 1.165) is 17.7 Å². The predicted molar refractivity (Wildman–Crippen MR) is 71.2 cm³/mol. The summed E-state index contributed by atoms with van der Waals surface area (Å²) in [5.74, 6) is 0.0179. The number of halogens is 1. The van der Waals surface area contributed by atoms with E-state index in [4.69, 9.17) is 4.74 Å². The molecule has 0 saturated heterocycles. The van der Waals surface area contributed by atoms with Gasteiger partial charge in [0.1, 0.15) is 18.2 Å². The van der Waals surface area contributed by atoms with Crippen LogP contribution in [0.5, 0.6) is 5.75 Å². The van der Waals surface area contributed by atoms with E-state index in [0.29, 0.717) is 5.82 Å². The molecule has 0 amide bonds. The van der Waals surface area contributed by atoms with Crippen LogP contribution in [0.25, 0.3) is 0 Å². The molecule has 20 heavy (non-hydrogen) atoms. The number of aromatic nitrogens is 1. The molecule has 2 aromatic rings. The quantitative estimate of drug-likeness (QED) is 0.671. The second-order valence-corrected chi connectivity index (χ2v) is 3.96. The van der Waals surface area contributed by atoms with Crippen LogP contribution >= 0.6 is 0 Å². The average molecular weight is 277 g/mol. The number of nitrogens with zero attached hydrogens (tertiary/aromatic N) is 2. The van der Waals surface area contributed by atoms with Gasteiger partial charge in [0.25, 0.3) is 0 Å². The summed E-state index contributed by atoms with van der Waals surface area (Å²) in [7, 11) is 1.73. The van der Waals surface area contributed by atoms with Gasteiger partial charge in [-0.05, 0) is 29.8 Å². The molecule has 1 aromatic carbocycles. The Labute approximate surface area is 114 Å². The summed E-state index contributed by atoms with van der Waals surface area (Å²) in [6.45, 7) is 0.129. The molecule has 0 bridgehead atoms. The molecule has 1 heterocycles. The van der Waals surface area contributed by atoms with Gasteiger partial charge in [-0.1, -0.05) is 0 Å². The number of nitro groups is 1. The lowest BCUT2D eigenvalue weighted by molar-refractivity contribution is -0.386. The van der Waals surface area contributed by atoms with Crippen molar-refractivity contribution in [2.24, 2.45) is 0 Å². The summed E-state index contributed by atoms with van der Waals surface area (Å²) in [5, 5.41) is 13.7. The van der Waals surface area contributed by atoms with Crippen LogP contribution in [0, 0.1) is 15.9 Å². The Balaban J connectivity index is 2.16. The second kappa shape index (κ2) is 5.96. The molecule has 0 aliphatic carbocycles. The maximum atomic E-state index is 13.0. The lowest BCUT2D eigenvalue weighted by Crippen LogP contribution is -2.01. The first kappa shape index (κ1) is 13.7. The maximum absolute atomic E-state index is 13.0. The van der Waals surface area contributed by atoms with Crippen LogP contribution in [0.3, 0.4) is 0 Å². The Morgan fingerprint density at radius 2 is 2.20 bits per heavy atom. The van der Waals surface area contributed by atoms with E-state index in [9.17, 15) is 14.5 Å². The second-order valence-electron chi connectivity index (χ2n) is 3.96. The first-order valence-corrected chi connectivity index (χ1v) is 5.79. The number of anilines is 1. The Hall–Kier alpha value is -2.70. The van der Waals surface area contributed by atoms with Gasteiger partial charge in [0.2, 0.25) is 0 Å². The highest BCUT2D eigenvalue weighted by Crippen LogP contribution is 2.28. The number of hydrogen-bond donors (Lipinski definition) is 1. The fraction of sp³-hybridized carbons (Fsp3) is 0.154. The summed E-state index contributed by atoms with van der Waals surface area (Å²) in [6.07, 6.45) is 1.60. The Morgan fingerprint density at radius 3 is 2.90 bits per heavy atom. The molecule has 1 aromatic heterocycles. The number of hydrogen-bond acceptors (Lipinski definition) is 5. The van der Waals surface area contributed by atoms with E-state index in [1.807, 2.05) is 0 Å². The molecule has 0 fully saturated rings. The predicted octanol–water partition coefficient (Wildman–Crippen LogP) is 2.75. The third-order valence-electron chi connectivity index (χ3n) is 2.59. The smallest absolute Gasteiger partial charge is 0.313 e. The van der Waals surface area contributed by atoms with Gasteiger partial charge in [-0.15, -0.1) is 0 Å². The molecule has 7 heteroatoms. The monoisotopic (exact) mass is 277 g/mol. The zero-order chi connectivity index (χ0) is 14.5. The molecular formula is C13H12FN3O3. The lowest BCUT2D eigenvalue weighted by atomic mass is 10.2. The largest absolute Gasteiger partial charge is 0.482 e. The minimum atomic E-state index is -0.677. The van der Waals surface area contributed by atoms with Crippen molar-refractivity contribution < 1.29 is 14.1 Å². The van der Waals surface area contributed by atoms with Gasteiger partial charge in [0, 0.05) is 13.2 Å². The van der Waals surface area contributed by atoms with Crippen molar-refractivity contribution in [3.8, 4) is 5.75 Å². The van der Waals surface area contributed by atoms with Crippen molar-refractivity contribution in [1.82, 2.24) is 4.98 Å². The van der Waals surface area contributed by atoms with Crippen molar-refractivity contribution >= 4 is 11.5 Å². The summed E-state index contributed by atoms with van der Waals surface area (Å²) in [5.41, 5.74) is 0.399. The Kier molecular flexibility index (Phi) is 4.09. The molecule has 0 saturated carbocycles. The Bertz CT molecular complexity index is 634. The molecule has 6 nitrogen and oxygen atoms in total. The fourth-order valence-electron chi connectivity index (χ4n) is 1.62. The number of nitrogens with one attached hydrogen (secondary N) is 1. The van der Waals surface area contributed by atoms with E-state index in [-0.39, 0.29) is 12.4 Å². The zero-order valence-corrected chi connectivity index (χ0v) is 10.7. The van der Waals surface area contributed by atoms with E-state index in [2.05, 4.69) is 10.3 Å². The summed E-state index contributed by atoms with van der Waals surface area (Å²) < 4.78 is 18.4. The van der Waals surface area contributed by atoms with Gasteiger partial charge in [0.15, 0.2) is 5.75 Å². The summed E-state index contributed by atoms with van der Waals surface area (Å²) >= 11 is 0. The highest BCUT2D eigenvalue weighted by atomic mass is 19.1. The normalized spacial score (nSPS) is 10.1. The number of pyridine rings is 1. The average Bonchev–Trinajstić information content (AvgIpc) is 2.46. The fourth-order valence-corrected chi connectivity index (χ4v) is 1.62. The maximum Gasteiger partial charge on any atom is 0.313 e. The third kappa shape index (κ3) is 3.19. The summed E-state index contributed by atoms with van der Waals surface area (Å²) in [4.78, 5) is 14.2. The van der Waals surface area contributed by atoms with Crippen molar-refractivity contribution in [1.29, 1.82) is 0 Å². The minimum Gasteiger partial charge on any atom is -0.482 e. The van der Waals surface area contributed by atoms with Crippen molar-refractivity contribution in [2.75, 3.05) is 12.4 Å². The molecular weight excluding hydrogens is 265 g/mol. The topological polar surface area (TPSA) is 77.3 Å². The van der Waals surface area contributed by atoms with Crippen LogP contribution < -0.4 is 10.1 Å². The molecule has 0 aliphatic rings. The van der Waals surface area contributed by atoms with Crippen LogP contribution in [0.2, 0.25) is 0 Å². The van der Waals surface area contributed by atoms with E-state index < -0.39 is 16.4 Å². The van der Waals surface area contributed by atoms with Crippen LogP contribution in [-0.4, -0.2) is 17.0 Å². The summed E-state index contributed by atoms with van der Waals surface area (Å²) in [6, 6.07) is 6.69. The number of ether oxygens (including phenoxy) is 1. The van der Waals surface area contributed by atoms with E-state index >= 15 is 0 Å². The first-order valence-electron chi connectivity index (χ1n) is 5.79. The molecule has 1 N–H and O–H groups in total. The van der Waals surface area contributed by atoms with Crippen LogP contribution in [0.1, 0.15) is 5.56 Å². The van der Waals surface area contributed by atoms with Crippen molar-refractivity contribution in [2.45, 2.75) is 6.61 Å². The standard InChI is InChI=1S/C13H12FN3O3/c1-15-13-6-9(4-5-16-13)8-20-12-3-2-10(14)7-11(12)17(18)19/h2-7H,8H2,1H3,(H,15,16). The highest BCUT2D eigenvalue weighted by molar-refractivity contribution is 5.46. The van der Waals surface area contributed by atoms with Crippen molar-refractivity contribution in [3.63, 3.8) is 0 Å². The molecule has 0 unspecified atom stereocenters. The number of benzene rings is 1. The SMILES string of the molecule is CNc1cc(COc2ccc(F)cc2[N+](=O)[O-])ccn1. The minimum absolute atomic E-state index is 0.0271. The molecule has 0 aliphatic heterocycles. The molecule has 0 spiro atoms. The molecule has 0 atom stereocenters. The van der Waals surface area contributed by atoms with Gasteiger partial charge in [-0.25, -0.2) is 9.37 Å². The number of rotatable bonds is 5. The van der Waals surface area contributed by atoms with E-state index in [1.165, 1.54) is 6.07 Å². The van der Waals surface area contributed by atoms with Crippen LogP contribution in [0.4, 0.5) is 15.9 Å². The van der Waals surface area contributed by atoms with Gasteiger partial charge in [-0.2, -0.15) is 0 Å². The van der Waals surface area contributed by atoms with Crippen molar-refractivity contribution in [3.05, 3.63) is 58.0 Å². The Morgan fingerprint density at radius 1 is 1.40 bits per heavy atom. The van der Waals surface area contributed by atoms with Gasteiger partial charge in [-0.3, -0.25) is 10.1 Å².